The van der Waals surface area contributed by atoms with Gasteiger partial charge in [0.2, 0.25) is 0 Å². The highest BCUT2D eigenvalue weighted by Gasteiger charge is 2.50. The molecule has 0 aliphatic heterocycles. The van der Waals surface area contributed by atoms with Gasteiger partial charge >= 0.3 is 0 Å². The molecule has 0 aliphatic carbocycles. The average molecular weight is 453 g/mol. The summed E-state index contributed by atoms with van der Waals surface area (Å²) in [4.78, 5) is 0. The lowest BCUT2D eigenvalue weighted by atomic mass is 10.1. The number of hydrogen-bond donors (Lipinski definition) is 0. The van der Waals surface area contributed by atoms with E-state index >= 15 is 0 Å². The van der Waals surface area contributed by atoms with Crippen LogP contribution in [-0.2, 0) is 13.9 Å². The van der Waals surface area contributed by atoms with Gasteiger partial charge in [-0.3, -0.25) is 0 Å². The zero-order valence-corrected chi connectivity index (χ0v) is 21.9. The normalized spacial score (nSPS) is 13.6. The van der Waals surface area contributed by atoms with Crippen LogP contribution < -0.4 is 10.4 Å². The lowest BCUT2D eigenvalue weighted by molar-refractivity contribution is -0.105. The molecule has 3 nitrogen and oxygen atoms in total. The smallest absolute Gasteiger partial charge is 0.261 e. The fourth-order valence-electron chi connectivity index (χ4n) is 4.23. The Kier molecular flexibility index (Phi) is 10.1. The summed E-state index contributed by atoms with van der Waals surface area (Å²) in [6, 6.07) is 21.6. The van der Waals surface area contributed by atoms with Crippen LogP contribution in [0.5, 0.6) is 0 Å². The maximum atomic E-state index is 7.06. The fraction of sp³-hybridized carbons (Fsp3) is 0.429. The van der Waals surface area contributed by atoms with E-state index < -0.39 is 8.32 Å². The van der Waals surface area contributed by atoms with Crippen molar-refractivity contribution in [3.05, 3.63) is 84.0 Å². The number of allylic oxidation sites excluding steroid dienone is 2. The minimum absolute atomic E-state index is 0.0303. The summed E-state index contributed by atoms with van der Waals surface area (Å²) in [5.74, 6) is 0. The summed E-state index contributed by atoms with van der Waals surface area (Å²) in [7, 11) is 0.828. The van der Waals surface area contributed by atoms with E-state index in [0.29, 0.717) is 6.61 Å². The van der Waals surface area contributed by atoms with Crippen LogP contribution in [0.4, 0.5) is 0 Å². The quantitative estimate of drug-likeness (QED) is 0.243. The Balaban J connectivity index is 2.35. The molecule has 0 spiro atoms. The minimum atomic E-state index is -2.54. The molecular formula is C28H40O3Si. The van der Waals surface area contributed by atoms with Crippen molar-refractivity contribution in [1.82, 2.24) is 0 Å². The van der Waals surface area contributed by atoms with Gasteiger partial charge in [0.25, 0.3) is 8.32 Å². The Morgan fingerprint density at radius 3 is 1.81 bits per heavy atom. The number of ether oxygens (including phenoxy) is 2. The fourth-order valence-corrected chi connectivity index (χ4v) is 8.77. The summed E-state index contributed by atoms with van der Waals surface area (Å²) in [5.41, 5.74) is 2.49. The Labute approximate surface area is 196 Å². The van der Waals surface area contributed by atoms with Gasteiger partial charge in [-0.25, -0.2) is 0 Å². The van der Waals surface area contributed by atoms with Crippen molar-refractivity contribution in [1.29, 1.82) is 0 Å². The van der Waals surface area contributed by atoms with Gasteiger partial charge in [0.15, 0.2) is 6.29 Å². The molecule has 0 aliphatic rings. The van der Waals surface area contributed by atoms with Crippen LogP contribution in [0.1, 0.15) is 47.5 Å². The van der Waals surface area contributed by atoms with Gasteiger partial charge in [0.05, 0.1) is 6.61 Å². The van der Waals surface area contributed by atoms with E-state index in [9.17, 15) is 0 Å². The molecule has 0 bridgehead atoms. The van der Waals surface area contributed by atoms with Gasteiger partial charge in [-0.2, -0.15) is 0 Å². The highest BCUT2D eigenvalue weighted by molar-refractivity contribution is 6.99. The van der Waals surface area contributed by atoms with Crippen molar-refractivity contribution in [3.63, 3.8) is 0 Å². The third-order valence-electron chi connectivity index (χ3n) is 5.97. The van der Waals surface area contributed by atoms with Crippen molar-refractivity contribution >= 4 is 18.7 Å². The first-order chi connectivity index (χ1) is 15.3. The Morgan fingerprint density at radius 1 is 0.906 bits per heavy atom. The van der Waals surface area contributed by atoms with Crippen molar-refractivity contribution in [2.24, 2.45) is 0 Å². The average Bonchev–Trinajstić information content (AvgIpc) is 2.79. The number of benzene rings is 2. The van der Waals surface area contributed by atoms with Gasteiger partial charge in [0.1, 0.15) is 0 Å². The lowest BCUT2D eigenvalue weighted by Crippen LogP contribution is -2.66. The van der Waals surface area contributed by atoms with E-state index in [1.165, 1.54) is 21.5 Å². The Bertz CT molecular complexity index is 823. The summed E-state index contributed by atoms with van der Waals surface area (Å²) in [6.45, 7) is 11.8. The van der Waals surface area contributed by atoms with Crippen molar-refractivity contribution < 1.29 is 13.9 Å². The van der Waals surface area contributed by atoms with Gasteiger partial charge in [0, 0.05) is 20.6 Å². The number of hydrogen-bond acceptors (Lipinski definition) is 3. The van der Waals surface area contributed by atoms with Gasteiger partial charge in [-0.1, -0.05) is 99.2 Å². The van der Waals surface area contributed by atoms with E-state index in [1.54, 1.807) is 14.2 Å². The molecule has 0 aromatic heterocycles. The highest BCUT2D eigenvalue weighted by Crippen LogP contribution is 2.37. The Hall–Kier alpha value is -1.98. The van der Waals surface area contributed by atoms with E-state index in [2.05, 4.69) is 107 Å². The summed E-state index contributed by atoms with van der Waals surface area (Å²) >= 11 is 0. The second-order valence-corrected chi connectivity index (χ2v) is 13.6. The van der Waals surface area contributed by atoms with Gasteiger partial charge < -0.3 is 13.9 Å². The lowest BCUT2D eigenvalue weighted by Gasteiger charge is -2.43. The first-order valence-electron chi connectivity index (χ1n) is 11.4. The molecule has 0 unspecified atom stereocenters. The molecule has 4 heteroatoms. The largest absolute Gasteiger partial charge is 0.403 e. The molecule has 0 N–H and O–H groups in total. The van der Waals surface area contributed by atoms with E-state index in [1.807, 2.05) is 0 Å². The monoisotopic (exact) mass is 452 g/mol. The molecule has 174 valence electrons. The van der Waals surface area contributed by atoms with Crippen molar-refractivity contribution in [2.75, 3.05) is 20.8 Å². The molecule has 2 aromatic rings. The number of rotatable bonds is 11. The first-order valence-corrected chi connectivity index (χ1v) is 13.3. The van der Waals surface area contributed by atoms with Crippen LogP contribution >= 0.6 is 0 Å². The maximum absolute atomic E-state index is 7.06. The van der Waals surface area contributed by atoms with Crippen LogP contribution in [0.25, 0.3) is 0 Å². The van der Waals surface area contributed by atoms with Crippen molar-refractivity contribution in [3.8, 4) is 0 Å². The minimum Gasteiger partial charge on any atom is -0.403 e. The maximum Gasteiger partial charge on any atom is 0.261 e. The molecule has 2 rings (SSSR count). The van der Waals surface area contributed by atoms with Gasteiger partial charge in [-0.15, -0.1) is 0 Å². The Morgan fingerprint density at radius 2 is 1.41 bits per heavy atom. The third-order valence-corrected chi connectivity index (χ3v) is 11.0. The van der Waals surface area contributed by atoms with Crippen LogP contribution in [0.15, 0.2) is 84.0 Å². The first kappa shape index (κ1) is 26.3. The van der Waals surface area contributed by atoms with Crippen molar-refractivity contribution in [2.45, 2.75) is 58.8 Å². The predicted molar refractivity (Wildman–Crippen MR) is 138 cm³/mol. The SMILES string of the molecule is C/C=C(/C=C(\C)CCC(OC)OC)CO[Si](c1ccccc1)(c1ccccc1)C(C)(C)C. The summed E-state index contributed by atoms with van der Waals surface area (Å²) in [5, 5.41) is 2.58. The van der Waals surface area contributed by atoms with E-state index in [-0.39, 0.29) is 11.3 Å². The molecule has 0 saturated carbocycles. The van der Waals surface area contributed by atoms with Crippen LogP contribution in [0.2, 0.25) is 5.04 Å². The van der Waals surface area contributed by atoms with Crippen LogP contribution in [0, 0.1) is 0 Å². The van der Waals surface area contributed by atoms with Gasteiger partial charge in [-0.05, 0) is 41.3 Å². The molecule has 2 aromatic carbocycles. The summed E-state index contributed by atoms with van der Waals surface area (Å²) in [6.07, 6.45) is 6.00. The molecule has 0 heterocycles. The molecule has 0 saturated heterocycles. The molecule has 0 atom stereocenters. The van der Waals surface area contributed by atoms with E-state index in [0.717, 1.165) is 12.8 Å². The predicted octanol–water partition coefficient (Wildman–Crippen LogP) is 5.85. The third kappa shape index (κ3) is 6.52. The second kappa shape index (κ2) is 12.3. The number of methoxy groups -OCH3 is 2. The molecular weight excluding hydrogens is 412 g/mol. The van der Waals surface area contributed by atoms with Crippen LogP contribution in [0.3, 0.4) is 0 Å². The highest BCUT2D eigenvalue weighted by atomic mass is 28.4. The zero-order chi connectivity index (χ0) is 23.6. The second-order valence-electron chi connectivity index (χ2n) is 9.25. The molecule has 0 amide bonds. The summed E-state index contributed by atoms with van der Waals surface area (Å²) < 4.78 is 17.7. The van der Waals surface area contributed by atoms with E-state index in [4.69, 9.17) is 13.9 Å². The molecule has 32 heavy (non-hydrogen) atoms. The molecule has 0 fully saturated rings. The topological polar surface area (TPSA) is 27.7 Å². The standard InChI is InChI=1S/C28H40O3Si/c1-8-24(21-23(2)19-20-27(29-6)30-7)22-31-32(28(3,4)5,25-15-11-9-12-16-25)26-17-13-10-14-18-26/h8-18,21,27H,19-20,22H2,1-7H3/b23-21+,24-8-. The van der Waals surface area contributed by atoms with Crippen LogP contribution in [-0.4, -0.2) is 35.4 Å². The molecule has 0 radical (unpaired) electrons. The zero-order valence-electron chi connectivity index (χ0n) is 20.9.